The molecule has 0 radical (unpaired) electrons. The molecule has 1 atom stereocenters. The van der Waals surface area contributed by atoms with Gasteiger partial charge >= 0.3 is 5.97 Å². The lowest BCUT2D eigenvalue weighted by Gasteiger charge is -2.14. The Bertz CT molecular complexity index is 715. The standard InChI is InChI=1S/C13H15BrN2O5S/c1-7(12(17)16-8-2-3-8)21-13(18)10-6-9(22(15,19)20)4-5-11(10)14/h4-8H,2-3H2,1H3,(H,16,17)(H2,15,19,20). The van der Waals surface area contributed by atoms with Crippen LogP contribution in [0.25, 0.3) is 0 Å². The van der Waals surface area contributed by atoms with E-state index in [0.29, 0.717) is 4.47 Å². The van der Waals surface area contributed by atoms with E-state index in [4.69, 9.17) is 9.88 Å². The number of nitrogens with one attached hydrogen (secondary N) is 1. The van der Waals surface area contributed by atoms with Crippen molar-refractivity contribution in [3.63, 3.8) is 0 Å². The van der Waals surface area contributed by atoms with Crippen LogP contribution >= 0.6 is 15.9 Å². The van der Waals surface area contributed by atoms with E-state index >= 15 is 0 Å². The summed E-state index contributed by atoms with van der Waals surface area (Å²) in [5.41, 5.74) is -0.0161. The zero-order chi connectivity index (χ0) is 16.5. The van der Waals surface area contributed by atoms with E-state index < -0.39 is 22.1 Å². The average Bonchev–Trinajstić information content (AvgIpc) is 3.21. The highest BCUT2D eigenvalue weighted by molar-refractivity contribution is 9.10. The van der Waals surface area contributed by atoms with E-state index in [1.165, 1.54) is 19.1 Å². The molecular weight excluding hydrogens is 376 g/mol. The maximum absolute atomic E-state index is 12.1. The Labute approximate surface area is 136 Å². The van der Waals surface area contributed by atoms with Gasteiger partial charge in [0.2, 0.25) is 10.0 Å². The third-order valence-electron chi connectivity index (χ3n) is 3.06. The van der Waals surface area contributed by atoms with Crippen molar-refractivity contribution in [1.82, 2.24) is 5.32 Å². The summed E-state index contributed by atoms with van der Waals surface area (Å²) in [6, 6.07) is 3.91. The molecule has 0 bridgehead atoms. The molecule has 1 fully saturated rings. The number of benzene rings is 1. The number of hydrogen-bond donors (Lipinski definition) is 2. The van der Waals surface area contributed by atoms with Crippen LogP contribution in [0.2, 0.25) is 0 Å². The first kappa shape index (κ1) is 16.9. The molecule has 1 unspecified atom stereocenters. The van der Waals surface area contributed by atoms with Crippen LogP contribution in [0.4, 0.5) is 0 Å². The Hall–Kier alpha value is -1.45. The Morgan fingerprint density at radius 1 is 1.41 bits per heavy atom. The predicted octanol–water partition coefficient (Wildman–Crippen LogP) is 0.920. The number of carbonyl (C=O) groups is 2. The highest BCUT2D eigenvalue weighted by atomic mass is 79.9. The Kier molecular flexibility index (Phi) is 4.88. The smallest absolute Gasteiger partial charge is 0.340 e. The second-order valence-corrected chi connectivity index (χ2v) is 7.43. The van der Waals surface area contributed by atoms with Gasteiger partial charge in [-0.3, -0.25) is 4.79 Å². The molecule has 1 aromatic carbocycles. The molecule has 1 aliphatic carbocycles. The van der Waals surface area contributed by atoms with Gasteiger partial charge in [0.25, 0.3) is 5.91 Å². The summed E-state index contributed by atoms with van der Waals surface area (Å²) in [6.45, 7) is 1.45. The second kappa shape index (κ2) is 6.35. The molecule has 1 aromatic rings. The molecule has 1 saturated carbocycles. The minimum atomic E-state index is -3.94. The van der Waals surface area contributed by atoms with Gasteiger partial charge in [-0.05, 0) is 53.9 Å². The first-order chi connectivity index (χ1) is 10.2. The zero-order valence-electron chi connectivity index (χ0n) is 11.7. The maximum atomic E-state index is 12.1. The monoisotopic (exact) mass is 390 g/mol. The SMILES string of the molecule is CC(OC(=O)c1cc(S(N)(=O)=O)ccc1Br)C(=O)NC1CC1. The van der Waals surface area contributed by atoms with Crippen LogP contribution < -0.4 is 10.5 Å². The van der Waals surface area contributed by atoms with Gasteiger partial charge in [0.15, 0.2) is 6.10 Å². The molecular formula is C13H15BrN2O5S. The van der Waals surface area contributed by atoms with Crippen molar-refractivity contribution in [2.75, 3.05) is 0 Å². The second-order valence-electron chi connectivity index (χ2n) is 5.02. The molecule has 7 nitrogen and oxygen atoms in total. The molecule has 0 saturated heterocycles. The number of primary sulfonamides is 1. The van der Waals surface area contributed by atoms with E-state index in [2.05, 4.69) is 21.2 Å². The number of esters is 1. The molecule has 120 valence electrons. The van der Waals surface area contributed by atoms with Crippen molar-refractivity contribution < 1.29 is 22.7 Å². The van der Waals surface area contributed by atoms with Crippen molar-refractivity contribution in [2.45, 2.75) is 36.8 Å². The Morgan fingerprint density at radius 3 is 2.59 bits per heavy atom. The van der Waals surface area contributed by atoms with Crippen LogP contribution in [0.15, 0.2) is 27.6 Å². The minimum Gasteiger partial charge on any atom is -0.449 e. The predicted molar refractivity (Wildman–Crippen MR) is 81.6 cm³/mol. The first-order valence-corrected chi connectivity index (χ1v) is 8.86. The fourth-order valence-electron chi connectivity index (χ4n) is 1.66. The quantitative estimate of drug-likeness (QED) is 0.725. The Morgan fingerprint density at radius 2 is 2.05 bits per heavy atom. The van der Waals surface area contributed by atoms with Gasteiger partial charge in [-0.15, -0.1) is 0 Å². The number of halogens is 1. The zero-order valence-corrected chi connectivity index (χ0v) is 14.1. The Balaban J connectivity index is 2.12. The van der Waals surface area contributed by atoms with E-state index in [1.807, 2.05) is 0 Å². The van der Waals surface area contributed by atoms with E-state index in [0.717, 1.165) is 18.9 Å². The number of amides is 1. The third-order valence-corrected chi connectivity index (χ3v) is 4.67. The van der Waals surface area contributed by atoms with Crippen molar-refractivity contribution in [3.05, 3.63) is 28.2 Å². The summed E-state index contributed by atoms with van der Waals surface area (Å²) in [5.74, 6) is -1.19. The normalized spacial score (nSPS) is 16.0. The molecule has 0 aromatic heterocycles. The van der Waals surface area contributed by atoms with Gasteiger partial charge in [0.05, 0.1) is 10.5 Å². The number of rotatable bonds is 5. The van der Waals surface area contributed by atoms with Crippen LogP contribution in [0.3, 0.4) is 0 Å². The van der Waals surface area contributed by atoms with Crippen molar-refractivity contribution in [2.24, 2.45) is 5.14 Å². The van der Waals surface area contributed by atoms with Crippen LogP contribution in [-0.4, -0.2) is 32.4 Å². The molecule has 22 heavy (non-hydrogen) atoms. The summed E-state index contributed by atoms with van der Waals surface area (Å²) in [5, 5.41) is 7.74. The van der Waals surface area contributed by atoms with Crippen LogP contribution in [-0.2, 0) is 19.6 Å². The summed E-state index contributed by atoms with van der Waals surface area (Å²) in [6.07, 6.45) is 0.876. The molecule has 0 spiro atoms. The fraction of sp³-hybridized carbons (Fsp3) is 0.385. The lowest BCUT2D eigenvalue weighted by Crippen LogP contribution is -2.37. The molecule has 1 aliphatic rings. The highest BCUT2D eigenvalue weighted by Crippen LogP contribution is 2.22. The van der Waals surface area contributed by atoms with Gasteiger partial charge in [-0.25, -0.2) is 18.4 Å². The molecule has 9 heteroatoms. The first-order valence-electron chi connectivity index (χ1n) is 6.52. The molecule has 1 amide bonds. The number of carbonyl (C=O) groups excluding carboxylic acids is 2. The van der Waals surface area contributed by atoms with Crippen molar-refractivity contribution >= 4 is 37.8 Å². The van der Waals surface area contributed by atoms with Gasteiger partial charge in [0.1, 0.15) is 0 Å². The topological polar surface area (TPSA) is 116 Å². The number of nitrogens with two attached hydrogens (primary N) is 1. The largest absolute Gasteiger partial charge is 0.449 e. The summed E-state index contributed by atoms with van der Waals surface area (Å²) >= 11 is 3.14. The molecule has 0 heterocycles. The summed E-state index contributed by atoms with van der Waals surface area (Å²) in [7, 11) is -3.94. The fourth-order valence-corrected chi connectivity index (χ4v) is 2.61. The molecule has 0 aliphatic heterocycles. The van der Waals surface area contributed by atoms with Crippen LogP contribution in [0.1, 0.15) is 30.1 Å². The minimum absolute atomic E-state index is 0.0161. The van der Waals surface area contributed by atoms with E-state index in [1.54, 1.807) is 0 Å². The van der Waals surface area contributed by atoms with Crippen LogP contribution in [0.5, 0.6) is 0 Å². The van der Waals surface area contributed by atoms with Gasteiger partial charge in [-0.1, -0.05) is 0 Å². The number of hydrogen-bond acceptors (Lipinski definition) is 5. The van der Waals surface area contributed by atoms with E-state index in [9.17, 15) is 18.0 Å². The highest BCUT2D eigenvalue weighted by Gasteiger charge is 2.28. The van der Waals surface area contributed by atoms with E-state index in [-0.39, 0.29) is 22.4 Å². The van der Waals surface area contributed by atoms with Crippen molar-refractivity contribution in [1.29, 1.82) is 0 Å². The third kappa shape index (κ3) is 4.28. The van der Waals surface area contributed by atoms with Gasteiger partial charge in [-0.2, -0.15) is 0 Å². The molecule has 2 rings (SSSR count). The van der Waals surface area contributed by atoms with Crippen molar-refractivity contribution in [3.8, 4) is 0 Å². The van der Waals surface area contributed by atoms with Gasteiger partial charge < -0.3 is 10.1 Å². The summed E-state index contributed by atoms with van der Waals surface area (Å²) in [4.78, 5) is 23.6. The average molecular weight is 391 g/mol. The number of sulfonamides is 1. The molecule has 3 N–H and O–H groups in total. The lowest BCUT2D eigenvalue weighted by atomic mass is 10.2. The lowest BCUT2D eigenvalue weighted by molar-refractivity contribution is -0.129. The van der Waals surface area contributed by atoms with Gasteiger partial charge in [0, 0.05) is 10.5 Å². The van der Waals surface area contributed by atoms with Crippen LogP contribution in [0, 0.1) is 0 Å². The maximum Gasteiger partial charge on any atom is 0.340 e. The summed E-state index contributed by atoms with van der Waals surface area (Å²) < 4.78 is 28.1. The number of ether oxygens (including phenoxy) is 1.